The number of fused-ring (bicyclic) bond motifs is 3. The quantitative estimate of drug-likeness (QED) is 0.850. The van der Waals surface area contributed by atoms with Gasteiger partial charge in [0, 0.05) is 12.7 Å². The number of anilines is 1. The van der Waals surface area contributed by atoms with Crippen LogP contribution in [0, 0.1) is 5.92 Å². The van der Waals surface area contributed by atoms with Gasteiger partial charge in [-0.1, -0.05) is 19.3 Å². The molecule has 0 radical (unpaired) electrons. The molecule has 1 aliphatic heterocycles. The summed E-state index contributed by atoms with van der Waals surface area (Å²) >= 11 is 0. The average Bonchev–Trinajstić information content (AvgIpc) is 2.87. The third-order valence-electron chi connectivity index (χ3n) is 4.71. The van der Waals surface area contributed by atoms with Gasteiger partial charge in [-0.05, 0) is 37.3 Å². The molecule has 1 aliphatic carbocycles. The number of rotatable bonds is 1. The number of pyridine rings is 1. The fourth-order valence-electron chi connectivity index (χ4n) is 3.77. The van der Waals surface area contributed by atoms with Crippen LogP contribution in [0.1, 0.15) is 44.6 Å². The van der Waals surface area contributed by atoms with Gasteiger partial charge in [0.05, 0.1) is 11.4 Å². The lowest BCUT2D eigenvalue weighted by atomic mass is 9.82. The van der Waals surface area contributed by atoms with E-state index in [-0.39, 0.29) is 0 Å². The zero-order valence-electron chi connectivity index (χ0n) is 11.2. The van der Waals surface area contributed by atoms with E-state index in [4.69, 9.17) is 5.10 Å². The Morgan fingerprint density at radius 1 is 1.16 bits per heavy atom. The molecule has 2 aromatic heterocycles. The molecule has 4 rings (SSSR count). The zero-order valence-corrected chi connectivity index (χ0v) is 11.2. The van der Waals surface area contributed by atoms with Crippen molar-refractivity contribution >= 4 is 16.9 Å². The van der Waals surface area contributed by atoms with Gasteiger partial charge >= 0.3 is 0 Å². The first-order valence-corrected chi connectivity index (χ1v) is 7.50. The van der Waals surface area contributed by atoms with Crippen molar-refractivity contribution in [1.82, 2.24) is 14.8 Å². The SMILES string of the molecule is c1cnc2nn3c(c2c1)NCCC3C1CCCCC1. The molecule has 2 aliphatic rings. The summed E-state index contributed by atoms with van der Waals surface area (Å²) in [5, 5.41) is 9.44. The van der Waals surface area contributed by atoms with Gasteiger partial charge in [-0.3, -0.25) is 0 Å². The van der Waals surface area contributed by atoms with Crippen molar-refractivity contribution in [3.63, 3.8) is 0 Å². The van der Waals surface area contributed by atoms with Crippen molar-refractivity contribution in [2.75, 3.05) is 11.9 Å². The highest BCUT2D eigenvalue weighted by Crippen LogP contribution is 2.39. The van der Waals surface area contributed by atoms with Gasteiger partial charge in [-0.25, -0.2) is 9.67 Å². The Hall–Kier alpha value is -1.58. The normalized spacial score (nSPS) is 24.1. The Balaban J connectivity index is 1.77. The monoisotopic (exact) mass is 256 g/mol. The van der Waals surface area contributed by atoms with Gasteiger partial charge < -0.3 is 5.32 Å². The van der Waals surface area contributed by atoms with E-state index in [0.29, 0.717) is 6.04 Å². The van der Waals surface area contributed by atoms with Crippen LogP contribution in [0.3, 0.4) is 0 Å². The lowest BCUT2D eigenvalue weighted by Crippen LogP contribution is -2.30. The van der Waals surface area contributed by atoms with Crippen molar-refractivity contribution in [3.8, 4) is 0 Å². The summed E-state index contributed by atoms with van der Waals surface area (Å²) in [7, 11) is 0. The summed E-state index contributed by atoms with van der Waals surface area (Å²) in [6.45, 7) is 1.07. The van der Waals surface area contributed by atoms with Crippen LogP contribution in [0.4, 0.5) is 5.82 Å². The van der Waals surface area contributed by atoms with Gasteiger partial charge in [-0.2, -0.15) is 5.10 Å². The molecule has 0 amide bonds. The zero-order chi connectivity index (χ0) is 12.7. The molecular formula is C15H20N4. The number of hydrogen-bond donors (Lipinski definition) is 1. The molecular weight excluding hydrogens is 236 g/mol. The summed E-state index contributed by atoms with van der Waals surface area (Å²) in [4.78, 5) is 4.39. The van der Waals surface area contributed by atoms with E-state index in [1.807, 2.05) is 12.3 Å². The predicted molar refractivity (Wildman–Crippen MR) is 76.2 cm³/mol. The van der Waals surface area contributed by atoms with Crippen molar-refractivity contribution in [2.45, 2.75) is 44.6 Å². The minimum atomic E-state index is 0.575. The molecule has 100 valence electrons. The minimum absolute atomic E-state index is 0.575. The molecule has 0 saturated heterocycles. The number of nitrogens with one attached hydrogen (secondary N) is 1. The number of hydrogen-bond acceptors (Lipinski definition) is 3. The van der Waals surface area contributed by atoms with Gasteiger partial charge in [0.1, 0.15) is 5.82 Å². The van der Waals surface area contributed by atoms with Crippen LogP contribution in [0.15, 0.2) is 18.3 Å². The molecule has 0 aromatic carbocycles. The molecule has 0 spiro atoms. The molecule has 4 nitrogen and oxygen atoms in total. The standard InChI is InChI=1S/C15H20N4/c1-2-5-11(6-3-1)13-8-10-17-15-12-7-4-9-16-14(12)18-19(13)15/h4,7,9,11,13,17H,1-3,5-6,8,10H2. The van der Waals surface area contributed by atoms with Crippen LogP contribution in [-0.4, -0.2) is 21.3 Å². The summed E-state index contributed by atoms with van der Waals surface area (Å²) in [6.07, 6.45) is 9.97. The minimum Gasteiger partial charge on any atom is -0.370 e. The lowest BCUT2D eigenvalue weighted by Gasteiger charge is -2.34. The first kappa shape index (κ1) is 11.3. The molecule has 0 bridgehead atoms. The molecule has 1 N–H and O–H groups in total. The second kappa shape index (κ2) is 4.51. The molecule has 1 unspecified atom stereocenters. The van der Waals surface area contributed by atoms with Crippen LogP contribution in [0.5, 0.6) is 0 Å². The van der Waals surface area contributed by atoms with Gasteiger partial charge in [0.2, 0.25) is 0 Å². The third kappa shape index (κ3) is 1.81. The topological polar surface area (TPSA) is 42.7 Å². The van der Waals surface area contributed by atoms with E-state index in [1.165, 1.54) is 49.7 Å². The Kier molecular flexibility index (Phi) is 2.67. The van der Waals surface area contributed by atoms with E-state index in [0.717, 1.165) is 18.1 Å². The Bertz CT molecular complexity index is 583. The molecule has 4 heteroatoms. The first-order valence-electron chi connectivity index (χ1n) is 7.50. The molecule has 3 heterocycles. The molecule has 19 heavy (non-hydrogen) atoms. The van der Waals surface area contributed by atoms with Crippen LogP contribution in [-0.2, 0) is 0 Å². The second-order valence-corrected chi connectivity index (χ2v) is 5.85. The summed E-state index contributed by atoms with van der Waals surface area (Å²) in [5.74, 6) is 1.99. The van der Waals surface area contributed by atoms with Gasteiger partial charge in [0.25, 0.3) is 0 Å². The fourth-order valence-corrected chi connectivity index (χ4v) is 3.77. The Morgan fingerprint density at radius 3 is 2.95 bits per heavy atom. The fraction of sp³-hybridized carbons (Fsp3) is 0.600. The lowest BCUT2D eigenvalue weighted by molar-refractivity contribution is 0.223. The van der Waals surface area contributed by atoms with E-state index < -0.39 is 0 Å². The largest absolute Gasteiger partial charge is 0.370 e. The molecule has 1 saturated carbocycles. The molecule has 1 fully saturated rings. The van der Waals surface area contributed by atoms with Crippen LogP contribution >= 0.6 is 0 Å². The molecule has 2 aromatic rings. The third-order valence-corrected chi connectivity index (χ3v) is 4.71. The van der Waals surface area contributed by atoms with Crippen molar-refractivity contribution in [3.05, 3.63) is 18.3 Å². The van der Waals surface area contributed by atoms with E-state index in [1.54, 1.807) is 0 Å². The van der Waals surface area contributed by atoms with Gasteiger partial charge in [-0.15, -0.1) is 0 Å². The Morgan fingerprint density at radius 2 is 2.05 bits per heavy atom. The maximum atomic E-state index is 4.75. The highest BCUT2D eigenvalue weighted by molar-refractivity contribution is 5.87. The van der Waals surface area contributed by atoms with E-state index in [2.05, 4.69) is 21.0 Å². The number of nitrogens with zero attached hydrogens (tertiary/aromatic N) is 3. The van der Waals surface area contributed by atoms with E-state index >= 15 is 0 Å². The Labute approximate surface area is 113 Å². The first-order chi connectivity index (χ1) is 9.43. The smallest absolute Gasteiger partial charge is 0.183 e. The maximum Gasteiger partial charge on any atom is 0.183 e. The number of aromatic nitrogens is 3. The summed E-state index contributed by atoms with van der Waals surface area (Å²) in [6, 6.07) is 4.69. The summed E-state index contributed by atoms with van der Waals surface area (Å²) < 4.78 is 2.23. The maximum absolute atomic E-state index is 4.75. The van der Waals surface area contributed by atoms with Crippen molar-refractivity contribution in [2.24, 2.45) is 5.92 Å². The van der Waals surface area contributed by atoms with Crippen LogP contribution in [0.25, 0.3) is 11.0 Å². The summed E-state index contributed by atoms with van der Waals surface area (Å²) in [5.41, 5.74) is 0.882. The predicted octanol–water partition coefficient (Wildman–Crippen LogP) is 3.37. The highest BCUT2D eigenvalue weighted by Gasteiger charge is 2.30. The highest BCUT2D eigenvalue weighted by atomic mass is 15.4. The van der Waals surface area contributed by atoms with Crippen molar-refractivity contribution < 1.29 is 0 Å². The second-order valence-electron chi connectivity index (χ2n) is 5.85. The molecule has 1 atom stereocenters. The van der Waals surface area contributed by atoms with E-state index in [9.17, 15) is 0 Å². The van der Waals surface area contributed by atoms with Crippen molar-refractivity contribution in [1.29, 1.82) is 0 Å². The van der Waals surface area contributed by atoms with Crippen LogP contribution in [0.2, 0.25) is 0 Å². The van der Waals surface area contributed by atoms with Crippen LogP contribution < -0.4 is 5.32 Å². The van der Waals surface area contributed by atoms with Gasteiger partial charge in [0.15, 0.2) is 5.65 Å². The average molecular weight is 256 g/mol.